The van der Waals surface area contributed by atoms with Crippen LogP contribution in [0.5, 0.6) is 11.5 Å². The van der Waals surface area contributed by atoms with Crippen LogP contribution in [0.15, 0.2) is 53.5 Å². The summed E-state index contributed by atoms with van der Waals surface area (Å²) in [5.74, 6) is 3.12. The Labute approximate surface area is 171 Å². The average Bonchev–Trinajstić information content (AvgIpc) is 3.26. The minimum absolute atomic E-state index is 0. The molecular formula is C20H24IN3O2. The highest BCUT2D eigenvalue weighted by Crippen LogP contribution is 2.40. The molecule has 0 radical (unpaired) electrons. The second kappa shape index (κ2) is 8.62. The van der Waals surface area contributed by atoms with Crippen LogP contribution in [0.25, 0.3) is 0 Å². The summed E-state index contributed by atoms with van der Waals surface area (Å²) in [7, 11) is 1.82. The average molecular weight is 465 g/mol. The number of nitrogens with zero attached hydrogens (tertiary/aromatic N) is 1. The lowest BCUT2D eigenvalue weighted by atomic mass is 10.1. The van der Waals surface area contributed by atoms with E-state index < -0.39 is 0 Å². The third-order valence-electron chi connectivity index (χ3n) is 4.71. The first-order valence-corrected chi connectivity index (χ1v) is 8.74. The van der Waals surface area contributed by atoms with Crippen molar-refractivity contribution in [1.82, 2.24) is 10.6 Å². The van der Waals surface area contributed by atoms with Crippen molar-refractivity contribution < 1.29 is 9.47 Å². The molecular weight excluding hydrogens is 441 g/mol. The summed E-state index contributed by atoms with van der Waals surface area (Å²) in [4.78, 5) is 4.34. The number of benzene rings is 2. The lowest BCUT2D eigenvalue weighted by Gasteiger charge is -2.12. The lowest BCUT2D eigenvalue weighted by Crippen LogP contribution is -2.39. The third-order valence-corrected chi connectivity index (χ3v) is 4.71. The van der Waals surface area contributed by atoms with Crippen LogP contribution in [0.3, 0.4) is 0 Å². The normalized spacial score (nSPS) is 20.3. The van der Waals surface area contributed by atoms with Gasteiger partial charge in [-0.25, -0.2) is 0 Å². The smallest absolute Gasteiger partial charge is 0.231 e. The third kappa shape index (κ3) is 4.41. The Morgan fingerprint density at radius 1 is 1.12 bits per heavy atom. The fourth-order valence-corrected chi connectivity index (χ4v) is 3.22. The van der Waals surface area contributed by atoms with E-state index in [0.29, 0.717) is 18.8 Å². The monoisotopic (exact) mass is 465 g/mol. The molecule has 2 atom stereocenters. The standard InChI is InChI=1S/C20H23N3O2.HI/c1-21-20(23-17-12-16(17)15-5-3-2-4-6-15)22-10-9-14-7-8-18-19(11-14)25-13-24-18;/h2-8,11,16-17H,9-10,12-13H2,1H3,(H2,21,22,23);1H. The number of nitrogens with one attached hydrogen (secondary N) is 2. The van der Waals surface area contributed by atoms with Crippen molar-refractivity contribution in [2.75, 3.05) is 20.4 Å². The summed E-state index contributed by atoms with van der Waals surface area (Å²) >= 11 is 0. The maximum absolute atomic E-state index is 5.42. The molecule has 2 aliphatic rings. The number of rotatable bonds is 5. The Morgan fingerprint density at radius 2 is 1.92 bits per heavy atom. The van der Waals surface area contributed by atoms with Crippen LogP contribution in [0, 0.1) is 0 Å². The van der Waals surface area contributed by atoms with Crippen LogP contribution in [0.4, 0.5) is 0 Å². The van der Waals surface area contributed by atoms with E-state index in [1.54, 1.807) is 0 Å². The lowest BCUT2D eigenvalue weighted by molar-refractivity contribution is 0.174. The van der Waals surface area contributed by atoms with Crippen molar-refractivity contribution >= 4 is 29.9 Å². The number of hydrogen-bond donors (Lipinski definition) is 2. The van der Waals surface area contributed by atoms with Gasteiger partial charge < -0.3 is 20.1 Å². The number of guanidine groups is 1. The molecule has 138 valence electrons. The molecule has 1 saturated carbocycles. The van der Waals surface area contributed by atoms with Gasteiger partial charge in [0.2, 0.25) is 6.79 Å². The molecule has 0 bridgehead atoms. The van der Waals surface area contributed by atoms with Gasteiger partial charge in [0.15, 0.2) is 17.5 Å². The van der Waals surface area contributed by atoms with Gasteiger partial charge in [-0.3, -0.25) is 4.99 Å². The molecule has 6 heteroatoms. The largest absolute Gasteiger partial charge is 0.454 e. The van der Waals surface area contributed by atoms with E-state index in [1.807, 2.05) is 19.2 Å². The molecule has 2 aromatic rings. The maximum Gasteiger partial charge on any atom is 0.231 e. The Hall–Kier alpha value is -1.96. The van der Waals surface area contributed by atoms with E-state index in [2.05, 4.69) is 52.0 Å². The Bertz CT molecular complexity index is 767. The molecule has 0 saturated heterocycles. The highest BCUT2D eigenvalue weighted by molar-refractivity contribution is 14.0. The quantitative estimate of drug-likeness (QED) is 0.405. The van der Waals surface area contributed by atoms with E-state index in [4.69, 9.17) is 9.47 Å². The molecule has 0 aromatic heterocycles. The molecule has 2 unspecified atom stereocenters. The second-order valence-electron chi connectivity index (χ2n) is 6.44. The summed E-state index contributed by atoms with van der Waals surface area (Å²) in [6, 6.07) is 17.2. The Kier molecular flexibility index (Phi) is 6.24. The van der Waals surface area contributed by atoms with Crippen LogP contribution in [-0.4, -0.2) is 32.4 Å². The molecule has 2 aromatic carbocycles. The zero-order valence-electron chi connectivity index (χ0n) is 14.8. The summed E-state index contributed by atoms with van der Waals surface area (Å²) in [5.41, 5.74) is 2.62. The van der Waals surface area contributed by atoms with Gasteiger partial charge in [0.1, 0.15) is 0 Å². The molecule has 1 aliphatic heterocycles. The number of ether oxygens (including phenoxy) is 2. The van der Waals surface area contributed by atoms with Crippen LogP contribution >= 0.6 is 24.0 Å². The number of aliphatic imine (C=N–C) groups is 1. The van der Waals surface area contributed by atoms with Gasteiger partial charge in [-0.1, -0.05) is 36.4 Å². The van der Waals surface area contributed by atoms with Crippen LogP contribution < -0.4 is 20.1 Å². The summed E-state index contributed by atoms with van der Waals surface area (Å²) in [5, 5.41) is 6.91. The number of halogens is 1. The highest BCUT2D eigenvalue weighted by Gasteiger charge is 2.38. The van der Waals surface area contributed by atoms with Gasteiger partial charge in [0.25, 0.3) is 0 Å². The first-order chi connectivity index (χ1) is 12.3. The molecule has 0 amide bonds. The number of fused-ring (bicyclic) bond motifs is 1. The van der Waals surface area contributed by atoms with Crippen molar-refractivity contribution in [2.24, 2.45) is 4.99 Å². The number of hydrogen-bond acceptors (Lipinski definition) is 3. The van der Waals surface area contributed by atoms with E-state index in [1.165, 1.54) is 11.1 Å². The van der Waals surface area contributed by atoms with E-state index in [9.17, 15) is 0 Å². The van der Waals surface area contributed by atoms with Gasteiger partial charge in [-0.15, -0.1) is 24.0 Å². The van der Waals surface area contributed by atoms with E-state index in [-0.39, 0.29) is 24.0 Å². The minimum atomic E-state index is 0. The van der Waals surface area contributed by atoms with Crippen LogP contribution in [0.1, 0.15) is 23.5 Å². The van der Waals surface area contributed by atoms with Gasteiger partial charge in [0, 0.05) is 25.6 Å². The Balaban J connectivity index is 0.00000196. The molecule has 2 N–H and O–H groups in total. The van der Waals surface area contributed by atoms with Crippen molar-refractivity contribution in [3.05, 3.63) is 59.7 Å². The minimum Gasteiger partial charge on any atom is -0.454 e. The highest BCUT2D eigenvalue weighted by atomic mass is 127. The SMILES string of the molecule is CN=C(NCCc1ccc2c(c1)OCO2)NC1CC1c1ccccc1.I. The fourth-order valence-electron chi connectivity index (χ4n) is 3.22. The van der Waals surface area contributed by atoms with Gasteiger partial charge in [0.05, 0.1) is 0 Å². The fraction of sp³-hybridized carbons (Fsp3) is 0.350. The maximum atomic E-state index is 5.42. The topological polar surface area (TPSA) is 54.9 Å². The summed E-state index contributed by atoms with van der Waals surface area (Å²) in [6.45, 7) is 1.14. The molecule has 1 fully saturated rings. The predicted molar refractivity (Wildman–Crippen MR) is 114 cm³/mol. The van der Waals surface area contributed by atoms with E-state index >= 15 is 0 Å². The van der Waals surface area contributed by atoms with Crippen molar-refractivity contribution in [3.63, 3.8) is 0 Å². The predicted octanol–water partition coefficient (Wildman–Crippen LogP) is 3.30. The molecule has 26 heavy (non-hydrogen) atoms. The van der Waals surface area contributed by atoms with Gasteiger partial charge in [-0.05, 0) is 36.1 Å². The Morgan fingerprint density at radius 3 is 2.73 bits per heavy atom. The molecule has 1 aliphatic carbocycles. The second-order valence-corrected chi connectivity index (χ2v) is 6.44. The van der Waals surface area contributed by atoms with Crippen LogP contribution in [0.2, 0.25) is 0 Å². The van der Waals surface area contributed by atoms with Gasteiger partial charge >= 0.3 is 0 Å². The van der Waals surface area contributed by atoms with E-state index in [0.717, 1.165) is 36.8 Å². The zero-order chi connectivity index (χ0) is 17.1. The molecule has 4 rings (SSSR count). The first kappa shape index (κ1) is 18.8. The van der Waals surface area contributed by atoms with Crippen molar-refractivity contribution in [2.45, 2.75) is 24.8 Å². The molecule has 0 spiro atoms. The van der Waals surface area contributed by atoms with Crippen molar-refractivity contribution in [3.8, 4) is 11.5 Å². The molecule has 1 heterocycles. The summed E-state index contributed by atoms with van der Waals surface area (Å²) in [6.07, 6.45) is 2.07. The van der Waals surface area contributed by atoms with Crippen LogP contribution in [-0.2, 0) is 6.42 Å². The first-order valence-electron chi connectivity index (χ1n) is 8.74. The summed E-state index contributed by atoms with van der Waals surface area (Å²) < 4.78 is 10.8. The van der Waals surface area contributed by atoms with Crippen molar-refractivity contribution in [1.29, 1.82) is 0 Å². The zero-order valence-corrected chi connectivity index (χ0v) is 17.1. The van der Waals surface area contributed by atoms with Gasteiger partial charge in [-0.2, -0.15) is 0 Å². The molecule has 5 nitrogen and oxygen atoms in total.